The molecule has 0 aliphatic carbocycles. The van der Waals surface area contributed by atoms with Crippen molar-refractivity contribution >= 4 is 0 Å². The molecule has 1 aliphatic rings. The molecule has 0 radical (unpaired) electrons. The van der Waals surface area contributed by atoms with Crippen LogP contribution in [-0.4, -0.2) is 13.1 Å². The molecule has 0 bridgehead atoms. The molecular formula is C10H21N. The number of rotatable bonds is 1. The molecule has 1 fully saturated rings. The lowest BCUT2D eigenvalue weighted by Crippen LogP contribution is -2.44. The third-order valence-corrected chi connectivity index (χ3v) is 3.12. The molecule has 0 aromatic carbocycles. The average Bonchev–Trinajstić information content (AvgIpc) is 1.85. The van der Waals surface area contributed by atoms with E-state index in [0.29, 0.717) is 5.41 Å². The first-order valence-corrected chi connectivity index (χ1v) is 4.75. The van der Waals surface area contributed by atoms with Gasteiger partial charge in [0.2, 0.25) is 0 Å². The second kappa shape index (κ2) is 3.14. The van der Waals surface area contributed by atoms with Crippen molar-refractivity contribution in [3.05, 3.63) is 0 Å². The summed E-state index contributed by atoms with van der Waals surface area (Å²) in [4.78, 5) is 0. The van der Waals surface area contributed by atoms with E-state index in [2.05, 4.69) is 33.0 Å². The van der Waals surface area contributed by atoms with Crippen molar-refractivity contribution in [3.8, 4) is 0 Å². The molecule has 1 nitrogen and oxygen atoms in total. The van der Waals surface area contributed by atoms with Gasteiger partial charge in [-0.25, -0.2) is 0 Å². The molecule has 1 heteroatoms. The topological polar surface area (TPSA) is 12.0 Å². The summed E-state index contributed by atoms with van der Waals surface area (Å²) in [6, 6.07) is 0. The molecule has 0 amide bonds. The molecule has 0 spiro atoms. The van der Waals surface area contributed by atoms with Crippen molar-refractivity contribution in [1.29, 1.82) is 0 Å². The summed E-state index contributed by atoms with van der Waals surface area (Å²) in [5, 5.41) is 3.47. The SMILES string of the molecule is CC(C)C1CNCCC1(C)C. The summed E-state index contributed by atoms with van der Waals surface area (Å²) in [5.41, 5.74) is 0.555. The van der Waals surface area contributed by atoms with Crippen LogP contribution in [0, 0.1) is 17.3 Å². The highest BCUT2D eigenvalue weighted by atomic mass is 14.9. The lowest BCUT2D eigenvalue weighted by Gasteiger charge is -2.41. The predicted molar refractivity (Wildman–Crippen MR) is 49.6 cm³/mol. The quantitative estimate of drug-likeness (QED) is 0.612. The van der Waals surface area contributed by atoms with Gasteiger partial charge in [0.05, 0.1) is 0 Å². The molecule has 11 heavy (non-hydrogen) atoms. The highest BCUT2D eigenvalue weighted by molar-refractivity contribution is 4.86. The van der Waals surface area contributed by atoms with E-state index in [1.54, 1.807) is 0 Å². The Labute approximate surface area is 70.6 Å². The Morgan fingerprint density at radius 2 is 2.00 bits per heavy atom. The zero-order valence-corrected chi connectivity index (χ0v) is 8.28. The number of piperidine rings is 1. The molecule has 0 aromatic rings. The molecule has 0 saturated carbocycles. The van der Waals surface area contributed by atoms with E-state index in [0.717, 1.165) is 11.8 Å². The fourth-order valence-corrected chi connectivity index (χ4v) is 2.27. The van der Waals surface area contributed by atoms with Crippen molar-refractivity contribution < 1.29 is 0 Å². The molecule has 1 unspecified atom stereocenters. The summed E-state index contributed by atoms with van der Waals surface area (Å²) in [5.74, 6) is 1.68. The van der Waals surface area contributed by atoms with Gasteiger partial charge in [0.1, 0.15) is 0 Å². The minimum Gasteiger partial charge on any atom is -0.316 e. The summed E-state index contributed by atoms with van der Waals surface area (Å²) in [7, 11) is 0. The van der Waals surface area contributed by atoms with Gasteiger partial charge in [-0.2, -0.15) is 0 Å². The second-order valence-electron chi connectivity index (χ2n) is 4.79. The van der Waals surface area contributed by atoms with E-state index in [4.69, 9.17) is 0 Å². The Kier molecular flexibility index (Phi) is 2.58. The largest absolute Gasteiger partial charge is 0.316 e. The average molecular weight is 155 g/mol. The van der Waals surface area contributed by atoms with E-state index in [1.165, 1.54) is 19.5 Å². The number of hydrogen-bond acceptors (Lipinski definition) is 1. The zero-order valence-electron chi connectivity index (χ0n) is 8.28. The minimum atomic E-state index is 0.555. The van der Waals surface area contributed by atoms with Crippen LogP contribution >= 0.6 is 0 Å². The Morgan fingerprint density at radius 3 is 2.36 bits per heavy atom. The first kappa shape index (κ1) is 9.05. The van der Waals surface area contributed by atoms with Gasteiger partial charge in [0.25, 0.3) is 0 Å². The molecule has 1 atom stereocenters. The Hall–Kier alpha value is -0.0400. The number of nitrogens with one attached hydrogen (secondary N) is 1. The number of hydrogen-bond donors (Lipinski definition) is 1. The van der Waals surface area contributed by atoms with Crippen LogP contribution in [0.3, 0.4) is 0 Å². The van der Waals surface area contributed by atoms with Crippen molar-refractivity contribution in [2.45, 2.75) is 34.1 Å². The van der Waals surface area contributed by atoms with Crippen molar-refractivity contribution in [3.63, 3.8) is 0 Å². The Bertz CT molecular complexity index is 127. The normalized spacial score (nSPS) is 30.8. The highest BCUT2D eigenvalue weighted by Gasteiger charge is 2.33. The third-order valence-electron chi connectivity index (χ3n) is 3.12. The summed E-state index contributed by atoms with van der Waals surface area (Å²) >= 11 is 0. The van der Waals surface area contributed by atoms with Gasteiger partial charge in [0, 0.05) is 0 Å². The van der Waals surface area contributed by atoms with Gasteiger partial charge in [-0.1, -0.05) is 27.7 Å². The molecule has 1 saturated heterocycles. The van der Waals surface area contributed by atoms with E-state index < -0.39 is 0 Å². The van der Waals surface area contributed by atoms with Gasteiger partial charge in [0.15, 0.2) is 0 Å². The summed E-state index contributed by atoms with van der Waals surface area (Å²) in [6.45, 7) is 11.9. The lowest BCUT2D eigenvalue weighted by molar-refractivity contribution is 0.110. The fraction of sp³-hybridized carbons (Fsp3) is 1.00. The zero-order chi connectivity index (χ0) is 8.48. The second-order valence-corrected chi connectivity index (χ2v) is 4.79. The van der Waals surface area contributed by atoms with E-state index in [1.807, 2.05) is 0 Å². The predicted octanol–water partition coefficient (Wildman–Crippen LogP) is 2.28. The molecular weight excluding hydrogens is 134 g/mol. The monoisotopic (exact) mass is 155 g/mol. The molecule has 1 N–H and O–H groups in total. The van der Waals surface area contributed by atoms with Crippen LogP contribution in [0.15, 0.2) is 0 Å². The van der Waals surface area contributed by atoms with Crippen LogP contribution < -0.4 is 5.32 Å². The van der Waals surface area contributed by atoms with Crippen LogP contribution in [0.4, 0.5) is 0 Å². The first-order valence-electron chi connectivity index (χ1n) is 4.75. The van der Waals surface area contributed by atoms with Gasteiger partial charge in [-0.3, -0.25) is 0 Å². The Morgan fingerprint density at radius 1 is 1.36 bits per heavy atom. The molecule has 1 heterocycles. The Balaban J connectivity index is 2.60. The van der Waals surface area contributed by atoms with Crippen LogP contribution in [0.2, 0.25) is 0 Å². The maximum Gasteiger partial charge on any atom is -0.00130 e. The van der Waals surface area contributed by atoms with Gasteiger partial charge < -0.3 is 5.32 Å². The van der Waals surface area contributed by atoms with Crippen LogP contribution in [0.1, 0.15) is 34.1 Å². The fourth-order valence-electron chi connectivity index (χ4n) is 2.27. The van der Waals surface area contributed by atoms with Crippen LogP contribution in [0.5, 0.6) is 0 Å². The molecule has 1 aliphatic heterocycles. The standard InChI is InChI=1S/C10H21N/c1-8(2)9-7-11-6-5-10(9,3)4/h8-9,11H,5-7H2,1-4H3. The first-order chi connectivity index (χ1) is 5.04. The summed E-state index contributed by atoms with van der Waals surface area (Å²) in [6.07, 6.45) is 1.33. The minimum absolute atomic E-state index is 0.555. The van der Waals surface area contributed by atoms with E-state index >= 15 is 0 Å². The van der Waals surface area contributed by atoms with Crippen molar-refractivity contribution in [2.24, 2.45) is 17.3 Å². The lowest BCUT2D eigenvalue weighted by atomic mass is 9.69. The van der Waals surface area contributed by atoms with Crippen LogP contribution in [0.25, 0.3) is 0 Å². The third kappa shape index (κ3) is 1.96. The maximum atomic E-state index is 3.47. The van der Waals surface area contributed by atoms with Crippen molar-refractivity contribution in [2.75, 3.05) is 13.1 Å². The smallest absolute Gasteiger partial charge is 0.00130 e. The van der Waals surface area contributed by atoms with Gasteiger partial charge >= 0.3 is 0 Å². The maximum absolute atomic E-state index is 3.47. The van der Waals surface area contributed by atoms with Gasteiger partial charge in [-0.15, -0.1) is 0 Å². The summed E-state index contributed by atoms with van der Waals surface area (Å²) < 4.78 is 0. The highest BCUT2D eigenvalue weighted by Crippen LogP contribution is 2.36. The molecule has 0 aromatic heterocycles. The van der Waals surface area contributed by atoms with Crippen molar-refractivity contribution in [1.82, 2.24) is 5.32 Å². The van der Waals surface area contributed by atoms with E-state index in [9.17, 15) is 0 Å². The molecule has 1 rings (SSSR count). The molecule has 66 valence electrons. The van der Waals surface area contributed by atoms with Crippen LogP contribution in [-0.2, 0) is 0 Å². The van der Waals surface area contributed by atoms with Gasteiger partial charge in [-0.05, 0) is 36.8 Å². The van der Waals surface area contributed by atoms with E-state index in [-0.39, 0.29) is 0 Å².